The average Bonchev–Trinajstić information content (AvgIpc) is 3.01. The number of ether oxygens (including phenoxy) is 1. The molecule has 1 atom stereocenters. The summed E-state index contributed by atoms with van der Waals surface area (Å²) in [6, 6.07) is 11.6. The highest BCUT2D eigenvalue weighted by Gasteiger charge is 2.27. The monoisotopic (exact) mass is 432 g/mol. The van der Waals surface area contributed by atoms with E-state index in [0.29, 0.717) is 27.2 Å². The van der Waals surface area contributed by atoms with Crippen LogP contribution in [0.3, 0.4) is 0 Å². The van der Waals surface area contributed by atoms with Crippen LogP contribution in [0, 0.1) is 0 Å². The number of nitrogens with zero attached hydrogens (tertiary/aromatic N) is 3. The van der Waals surface area contributed by atoms with Gasteiger partial charge in [0.25, 0.3) is 0 Å². The Labute approximate surface area is 163 Å². The van der Waals surface area contributed by atoms with Crippen LogP contribution in [-0.4, -0.2) is 20.9 Å². The van der Waals surface area contributed by atoms with E-state index in [1.165, 1.54) is 0 Å². The molecule has 0 fully saturated rings. The Bertz CT molecular complexity index is 918. The molecule has 1 unspecified atom stereocenters. The molecule has 1 N–H and O–H groups in total. The first-order valence-corrected chi connectivity index (χ1v) is 10.2. The van der Waals surface area contributed by atoms with Gasteiger partial charge in [0, 0.05) is 17.0 Å². The van der Waals surface area contributed by atoms with Crippen molar-refractivity contribution in [2.24, 2.45) is 0 Å². The molecule has 1 aliphatic heterocycles. The zero-order chi connectivity index (χ0) is 17.9. The number of aromatic nitrogens is 3. The molecular weight excluding hydrogens is 416 g/mol. The molecule has 0 radical (unpaired) electrons. The number of anilines is 1. The predicted molar refractivity (Wildman–Crippen MR) is 104 cm³/mol. The Morgan fingerprint density at radius 3 is 2.88 bits per heavy atom. The summed E-state index contributed by atoms with van der Waals surface area (Å²) in [5.74, 6) is 2.06. The normalized spacial score (nSPS) is 15.4. The first-order valence-electron chi connectivity index (χ1n) is 8.40. The van der Waals surface area contributed by atoms with E-state index in [1.807, 2.05) is 36.4 Å². The van der Waals surface area contributed by atoms with Crippen LogP contribution in [0.15, 0.2) is 50.6 Å². The fourth-order valence-electron chi connectivity index (χ4n) is 2.61. The first-order chi connectivity index (χ1) is 12.7. The summed E-state index contributed by atoms with van der Waals surface area (Å²) >= 11 is 4.93. The summed E-state index contributed by atoms with van der Waals surface area (Å²) in [7, 11) is 0. The van der Waals surface area contributed by atoms with Crippen LogP contribution in [0.2, 0.25) is 0 Å². The minimum atomic E-state index is -0.506. The van der Waals surface area contributed by atoms with E-state index in [0.717, 1.165) is 29.8 Å². The number of hydrogen-bond donors (Lipinski definition) is 1. The molecule has 8 heteroatoms. The molecule has 0 saturated heterocycles. The van der Waals surface area contributed by atoms with Gasteiger partial charge in [-0.05, 0) is 40.5 Å². The number of benzene rings is 1. The summed E-state index contributed by atoms with van der Waals surface area (Å²) < 4.78 is 12.5. The van der Waals surface area contributed by atoms with Gasteiger partial charge in [0.1, 0.15) is 0 Å². The molecule has 134 valence electrons. The van der Waals surface area contributed by atoms with Gasteiger partial charge < -0.3 is 14.5 Å². The third-order valence-corrected chi connectivity index (χ3v) is 5.27. The molecule has 3 heterocycles. The maximum atomic E-state index is 6.13. The minimum absolute atomic E-state index is 0.453. The molecule has 26 heavy (non-hydrogen) atoms. The van der Waals surface area contributed by atoms with Gasteiger partial charge in [-0.1, -0.05) is 43.3 Å². The summed E-state index contributed by atoms with van der Waals surface area (Å²) in [5, 5.41) is 12.6. The Hall–Kier alpha value is -2.06. The lowest BCUT2D eigenvalue weighted by atomic mass is 10.1. The highest BCUT2D eigenvalue weighted by atomic mass is 79.9. The highest BCUT2D eigenvalue weighted by molar-refractivity contribution is 9.10. The van der Waals surface area contributed by atoms with Crippen molar-refractivity contribution >= 4 is 33.4 Å². The Morgan fingerprint density at radius 2 is 2.08 bits per heavy atom. The molecule has 1 aromatic carbocycles. The van der Waals surface area contributed by atoms with E-state index in [2.05, 4.69) is 43.4 Å². The van der Waals surface area contributed by atoms with Crippen LogP contribution >= 0.6 is 27.7 Å². The van der Waals surface area contributed by atoms with E-state index in [4.69, 9.17) is 9.15 Å². The fraction of sp³-hybridized carbons (Fsp3) is 0.278. The molecule has 3 aromatic rings. The van der Waals surface area contributed by atoms with Crippen LogP contribution < -0.4 is 10.1 Å². The van der Waals surface area contributed by atoms with Crippen molar-refractivity contribution in [2.75, 3.05) is 11.1 Å². The lowest BCUT2D eigenvalue weighted by molar-refractivity contribution is 0.194. The van der Waals surface area contributed by atoms with Crippen molar-refractivity contribution in [2.45, 2.75) is 31.1 Å². The van der Waals surface area contributed by atoms with Crippen molar-refractivity contribution < 1.29 is 9.15 Å². The minimum Gasteiger partial charge on any atom is -0.448 e. The fourth-order valence-corrected chi connectivity index (χ4v) is 3.79. The molecule has 1 aliphatic rings. The molecule has 0 amide bonds. The summed E-state index contributed by atoms with van der Waals surface area (Å²) in [4.78, 5) is 4.60. The largest absolute Gasteiger partial charge is 0.448 e. The lowest BCUT2D eigenvalue weighted by Gasteiger charge is -2.16. The van der Waals surface area contributed by atoms with Crippen molar-refractivity contribution in [1.29, 1.82) is 0 Å². The molecule has 6 nitrogen and oxygen atoms in total. The Balaban J connectivity index is 1.73. The van der Waals surface area contributed by atoms with Crippen LogP contribution in [0.4, 0.5) is 5.69 Å². The van der Waals surface area contributed by atoms with Gasteiger partial charge >= 0.3 is 0 Å². The van der Waals surface area contributed by atoms with Gasteiger partial charge in [-0.15, -0.1) is 10.2 Å². The summed E-state index contributed by atoms with van der Waals surface area (Å²) in [6.45, 7) is 2.16. The Kier molecular flexibility index (Phi) is 5.12. The number of unbranched alkanes of at least 4 members (excludes halogenated alkanes) is 1. The summed E-state index contributed by atoms with van der Waals surface area (Å²) in [6.07, 6.45) is 1.74. The van der Waals surface area contributed by atoms with Gasteiger partial charge in [-0.2, -0.15) is 4.98 Å². The number of furan rings is 1. The van der Waals surface area contributed by atoms with Crippen molar-refractivity contribution in [3.8, 4) is 17.1 Å². The van der Waals surface area contributed by atoms with Crippen LogP contribution in [0.1, 0.15) is 31.8 Å². The SMILES string of the molecule is CCCCSc1nnc2c(n1)OC(c1ccc(Br)o1)Nc1ccccc1-2. The second kappa shape index (κ2) is 7.67. The van der Waals surface area contributed by atoms with Crippen LogP contribution in [0.5, 0.6) is 5.88 Å². The molecule has 4 rings (SSSR count). The Morgan fingerprint density at radius 1 is 1.19 bits per heavy atom. The van der Waals surface area contributed by atoms with Gasteiger partial charge in [-0.25, -0.2) is 0 Å². The van der Waals surface area contributed by atoms with E-state index < -0.39 is 6.23 Å². The van der Waals surface area contributed by atoms with E-state index in [-0.39, 0.29) is 0 Å². The second-order valence-corrected chi connectivity index (χ2v) is 7.62. The first kappa shape index (κ1) is 17.4. The van der Waals surface area contributed by atoms with Gasteiger partial charge in [0.15, 0.2) is 16.1 Å². The number of rotatable bonds is 5. The smallest absolute Gasteiger partial charge is 0.247 e. The number of halogens is 1. The third-order valence-electron chi connectivity index (χ3n) is 3.92. The number of hydrogen-bond acceptors (Lipinski definition) is 7. The van der Waals surface area contributed by atoms with Crippen molar-refractivity contribution in [1.82, 2.24) is 15.2 Å². The van der Waals surface area contributed by atoms with E-state index in [9.17, 15) is 0 Å². The van der Waals surface area contributed by atoms with E-state index >= 15 is 0 Å². The zero-order valence-corrected chi connectivity index (χ0v) is 16.5. The number of nitrogens with one attached hydrogen (secondary N) is 1. The van der Waals surface area contributed by atoms with Crippen LogP contribution in [0.25, 0.3) is 11.3 Å². The standard InChI is InChI=1S/C18H17BrN4O2S/c1-2-3-10-26-18-21-17-15(22-23-18)11-6-4-5-7-12(11)20-16(25-17)13-8-9-14(19)24-13/h4-9,16,20H,2-3,10H2,1H3. The maximum Gasteiger partial charge on any atom is 0.247 e. The maximum absolute atomic E-state index is 6.13. The number of fused-ring (bicyclic) bond motifs is 3. The van der Waals surface area contributed by atoms with Gasteiger partial charge in [-0.3, -0.25) is 0 Å². The molecular formula is C18H17BrN4O2S. The van der Waals surface area contributed by atoms with Crippen molar-refractivity contribution in [3.05, 3.63) is 46.8 Å². The van der Waals surface area contributed by atoms with Crippen molar-refractivity contribution in [3.63, 3.8) is 0 Å². The average molecular weight is 433 g/mol. The van der Waals surface area contributed by atoms with Gasteiger partial charge in [0.05, 0.1) is 0 Å². The quantitative estimate of drug-likeness (QED) is 0.433. The topological polar surface area (TPSA) is 73.1 Å². The molecule has 0 spiro atoms. The lowest BCUT2D eigenvalue weighted by Crippen LogP contribution is -2.16. The number of thioether (sulfide) groups is 1. The molecule has 0 aliphatic carbocycles. The third kappa shape index (κ3) is 3.57. The molecule has 0 saturated carbocycles. The molecule has 2 aromatic heterocycles. The summed E-state index contributed by atoms with van der Waals surface area (Å²) in [5.41, 5.74) is 2.42. The predicted octanol–water partition coefficient (Wildman–Crippen LogP) is 5.29. The van der Waals surface area contributed by atoms with Gasteiger partial charge in [0.2, 0.25) is 17.3 Å². The molecule has 0 bridgehead atoms. The zero-order valence-electron chi connectivity index (χ0n) is 14.1. The second-order valence-electron chi connectivity index (χ2n) is 5.78. The number of para-hydroxylation sites is 1. The van der Waals surface area contributed by atoms with E-state index in [1.54, 1.807) is 11.8 Å². The van der Waals surface area contributed by atoms with Crippen LogP contribution in [-0.2, 0) is 0 Å². The highest BCUT2D eigenvalue weighted by Crippen LogP contribution is 2.39.